The summed E-state index contributed by atoms with van der Waals surface area (Å²) in [6.07, 6.45) is 4.11. The predicted molar refractivity (Wildman–Crippen MR) is 258 cm³/mol. The van der Waals surface area contributed by atoms with Crippen molar-refractivity contribution in [2.75, 3.05) is 98.1 Å². The highest BCUT2D eigenvalue weighted by Crippen LogP contribution is 2.35. The molecule has 0 aromatic heterocycles. The molecular weight excluding hydrogens is 875 g/mol. The van der Waals surface area contributed by atoms with Crippen molar-refractivity contribution >= 4 is 51.7 Å². The molecule has 0 saturated carbocycles. The van der Waals surface area contributed by atoms with Crippen LogP contribution in [0.4, 0.5) is 42.9 Å². The number of hydrogen-bond donors (Lipinski definition) is 0. The minimum absolute atomic E-state index is 0.146. The van der Waals surface area contributed by atoms with Crippen molar-refractivity contribution in [3.8, 4) is 0 Å². The van der Waals surface area contributed by atoms with Crippen LogP contribution in [0.2, 0.25) is 0 Å². The van der Waals surface area contributed by atoms with Gasteiger partial charge in [-0.1, -0.05) is 39.8 Å². The summed E-state index contributed by atoms with van der Waals surface area (Å²) in [6.45, 7) is 13.3. The fraction of sp³-hybridized carbons (Fsp3) is 0.471. The fourth-order valence-electron chi connectivity index (χ4n) is 10.4. The maximum atomic E-state index is 15.9. The summed E-state index contributed by atoms with van der Waals surface area (Å²) in [5, 5.41) is 23.4. The second kappa shape index (κ2) is 20.3. The standard InChI is InChI=1S/C51H60F2N8O7/c1-33-7-5-17-58(31-33)45-15-11-39(60(65)66)29-41(45)50(63)56-23-19-54(20-24-56)47-13-9-37(27-43(47)52)35(3)49(62)36(4)38-10-14-48(44(53)28-38)55-21-25-57(26-22-55)51(64)42-30-40(61(67)68)12-16-46(42)59-18-6-8-34(2)32-59/h9-16,27-30,33-36H,5-8,17-26,31-32H2,1-4H3. The van der Waals surface area contributed by atoms with Crippen molar-refractivity contribution in [1.82, 2.24) is 9.80 Å². The number of non-ortho nitro benzene ring substituents is 2. The Morgan fingerprint density at radius 1 is 0.529 bits per heavy atom. The van der Waals surface area contributed by atoms with E-state index < -0.39 is 33.3 Å². The number of nitro groups is 2. The van der Waals surface area contributed by atoms with Crippen LogP contribution in [-0.2, 0) is 4.79 Å². The molecular formula is C51H60F2N8O7. The molecule has 0 spiro atoms. The van der Waals surface area contributed by atoms with Crippen molar-refractivity contribution in [3.05, 3.63) is 127 Å². The van der Waals surface area contributed by atoms with Crippen molar-refractivity contribution in [2.45, 2.75) is 65.2 Å². The molecule has 4 unspecified atom stereocenters. The van der Waals surface area contributed by atoms with Crippen LogP contribution in [0.25, 0.3) is 0 Å². The molecule has 4 aliphatic heterocycles. The molecule has 4 fully saturated rings. The SMILES string of the molecule is CC1CCCN(c2ccc([N+](=O)[O-])cc2C(=O)N2CCN(c3ccc(C(C)C(=O)C(C)c4ccc(N5CCN(C(=O)c6cc([N+](=O)[O-])ccc6N6CCCC(C)C6)CC5)c(F)c4)cc3F)CC2)C1. The van der Waals surface area contributed by atoms with Crippen LogP contribution in [0.1, 0.15) is 97.1 Å². The Morgan fingerprint density at radius 2 is 0.897 bits per heavy atom. The van der Waals surface area contributed by atoms with Crippen LogP contribution in [0.3, 0.4) is 0 Å². The van der Waals surface area contributed by atoms with Gasteiger partial charge in [-0.3, -0.25) is 34.6 Å². The Hall–Kier alpha value is -6.65. The fourth-order valence-corrected chi connectivity index (χ4v) is 10.4. The number of carbonyl (C=O) groups is 3. The lowest BCUT2D eigenvalue weighted by atomic mass is 9.85. The van der Waals surface area contributed by atoms with Gasteiger partial charge < -0.3 is 29.4 Å². The second-order valence-corrected chi connectivity index (χ2v) is 19.1. The first-order chi connectivity index (χ1) is 32.6. The molecule has 4 heterocycles. The number of amides is 2. The number of nitrogens with zero attached hydrogens (tertiary/aromatic N) is 8. The van der Waals surface area contributed by atoms with Crippen LogP contribution >= 0.6 is 0 Å². The maximum Gasteiger partial charge on any atom is 0.270 e. The molecule has 4 aromatic carbocycles. The van der Waals surface area contributed by atoms with Gasteiger partial charge >= 0.3 is 0 Å². The topological polar surface area (TPSA) is 157 Å². The minimum atomic E-state index is -0.701. The summed E-state index contributed by atoms with van der Waals surface area (Å²) in [5.41, 5.74) is 3.33. The van der Waals surface area contributed by atoms with E-state index in [0.29, 0.717) is 83.0 Å². The first kappa shape index (κ1) is 47.8. The normalized spacial score (nSPS) is 20.0. The highest BCUT2D eigenvalue weighted by atomic mass is 19.1. The van der Waals surface area contributed by atoms with Gasteiger partial charge in [0.25, 0.3) is 23.2 Å². The number of halogens is 2. The van der Waals surface area contributed by atoms with Gasteiger partial charge in [0, 0.05) is 115 Å². The number of anilines is 4. The van der Waals surface area contributed by atoms with E-state index in [1.54, 1.807) is 60.0 Å². The van der Waals surface area contributed by atoms with E-state index in [2.05, 4.69) is 23.6 Å². The predicted octanol–water partition coefficient (Wildman–Crippen LogP) is 8.65. The van der Waals surface area contributed by atoms with E-state index in [0.717, 1.165) is 51.9 Å². The van der Waals surface area contributed by atoms with E-state index in [4.69, 9.17) is 0 Å². The lowest BCUT2D eigenvalue weighted by molar-refractivity contribution is -0.385. The number of piperidine rings is 2. The molecule has 4 aliphatic rings. The smallest absolute Gasteiger partial charge is 0.270 e. The summed E-state index contributed by atoms with van der Waals surface area (Å²) in [5.74, 6) is -2.34. The molecule has 360 valence electrons. The van der Waals surface area contributed by atoms with Gasteiger partial charge in [0.15, 0.2) is 0 Å². The Balaban J connectivity index is 0.871. The molecule has 68 heavy (non-hydrogen) atoms. The summed E-state index contributed by atoms with van der Waals surface area (Å²) in [4.78, 5) is 75.4. The zero-order valence-corrected chi connectivity index (χ0v) is 39.2. The first-order valence-electron chi connectivity index (χ1n) is 23.9. The van der Waals surface area contributed by atoms with Crippen molar-refractivity contribution < 1.29 is 33.0 Å². The Bertz CT molecular complexity index is 2410. The Kier molecular flexibility index (Phi) is 14.3. The molecule has 0 bridgehead atoms. The summed E-state index contributed by atoms with van der Waals surface area (Å²) in [6, 6.07) is 18.4. The number of piperazine rings is 2. The number of nitro benzene ring substituents is 2. The average Bonchev–Trinajstić information content (AvgIpc) is 3.34. The molecule has 17 heteroatoms. The number of carbonyl (C=O) groups excluding carboxylic acids is 3. The average molecular weight is 935 g/mol. The molecule has 0 N–H and O–H groups in total. The summed E-state index contributed by atoms with van der Waals surface area (Å²) in [7, 11) is 0. The lowest BCUT2D eigenvalue weighted by Gasteiger charge is -2.38. The van der Waals surface area contributed by atoms with Crippen LogP contribution in [-0.4, -0.2) is 116 Å². The number of benzene rings is 4. The van der Waals surface area contributed by atoms with E-state index in [1.807, 2.05) is 9.80 Å². The molecule has 15 nitrogen and oxygen atoms in total. The third-order valence-electron chi connectivity index (χ3n) is 14.5. The summed E-state index contributed by atoms with van der Waals surface area (Å²) < 4.78 is 31.8. The van der Waals surface area contributed by atoms with Crippen LogP contribution < -0.4 is 19.6 Å². The van der Waals surface area contributed by atoms with Crippen molar-refractivity contribution in [2.24, 2.45) is 11.8 Å². The zero-order chi connectivity index (χ0) is 48.4. The molecule has 0 radical (unpaired) electrons. The number of rotatable bonds is 12. The van der Waals surface area contributed by atoms with Crippen LogP contribution in [0.5, 0.6) is 0 Å². The van der Waals surface area contributed by atoms with Crippen molar-refractivity contribution in [1.29, 1.82) is 0 Å². The Labute approximate surface area is 395 Å². The van der Waals surface area contributed by atoms with E-state index in [1.165, 1.54) is 36.4 Å². The van der Waals surface area contributed by atoms with Gasteiger partial charge in [0.2, 0.25) is 0 Å². The van der Waals surface area contributed by atoms with E-state index >= 15 is 8.78 Å². The lowest BCUT2D eigenvalue weighted by Crippen LogP contribution is -2.49. The van der Waals surface area contributed by atoms with E-state index in [-0.39, 0.29) is 55.2 Å². The zero-order valence-electron chi connectivity index (χ0n) is 39.2. The molecule has 8 rings (SSSR count). The minimum Gasteiger partial charge on any atom is -0.371 e. The van der Waals surface area contributed by atoms with Gasteiger partial charge in [-0.15, -0.1) is 0 Å². The first-order valence-corrected chi connectivity index (χ1v) is 23.9. The van der Waals surface area contributed by atoms with Gasteiger partial charge in [0.05, 0.1) is 43.7 Å². The van der Waals surface area contributed by atoms with Crippen LogP contribution in [0.15, 0.2) is 72.8 Å². The maximum absolute atomic E-state index is 15.9. The van der Waals surface area contributed by atoms with Crippen molar-refractivity contribution in [3.63, 3.8) is 0 Å². The molecule has 4 atom stereocenters. The highest BCUT2D eigenvalue weighted by molar-refractivity contribution is 6.01. The third kappa shape index (κ3) is 10.1. The van der Waals surface area contributed by atoms with Gasteiger partial charge in [-0.25, -0.2) is 8.78 Å². The number of hydrogen-bond acceptors (Lipinski definition) is 11. The third-order valence-corrected chi connectivity index (χ3v) is 14.5. The molecule has 0 aliphatic carbocycles. The van der Waals surface area contributed by atoms with Crippen LogP contribution in [0, 0.1) is 43.7 Å². The van der Waals surface area contributed by atoms with Gasteiger partial charge in [0.1, 0.15) is 17.4 Å². The largest absolute Gasteiger partial charge is 0.371 e. The molecule has 4 aromatic rings. The van der Waals surface area contributed by atoms with E-state index in [9.17, 15) is 34.6 Å². The monoisotopic (exact) mass is 934 g/mol. The second-order valence-electron chi connectivity index (χ2n) is 19.1. The number of Topliss-reactive ketones (excluding diaryl/α,β-unsaturated/α-hetero) is 1. The van der Waals surface area contributed by atoms with Gasteiger partial charge in [-0.2, -0.15) is 0 Å². The molecule has 4 saturated heterocycles. The van der Waals surface area contributed by atoms with Gasteiger partial charge in [-0.05, 0) is 85.0 Å². The number of ketones is 1. The quantitative estimate of drug-likeness (QED) is 0.0990. The summed E-state index contributed by atoms with van der Waals surface area (Å²) >= 11 is 0. The Morgan fingerprint density at radius 3 is 1.24 bits per heavy atom. The highest BCUT2D eigenvalue weighted by Gasteiger charge is 2.33. The molecule has 2 amide bonds.